The van der Waals surface area contributed by atoms with Gasteiger partial charge in [-0.3, -0.25) is 9.48 Å². The van der Waals surface area contributed by atoms with E-state index in [1.54, 1.807) is 7.05 Å². The molecule has 0 bridgehead atoms. The molecule has 100 valence electrons. The first-order valence-corrected chi connectivity index (χ1v) is 5.98. The Morgan fingerprint density at radius 2 is 2.00 bits per heavy atom. The van der Waals surface area contributed by atoms with Crippen LogP contribution in [0.25, 0.3) is 0 Å². The van der Waals surface area contributed by atoms with Crippen LogP contribution in [0.2, 0.25) is 0 Å². The number of carbonyl (C=O) groups excluding carboxylic acids is 1. The van der Waals surface area contributed by atoms with E-state index in [0.717, 1.165) is 6.07 Å². The number of aromatic nitrogens is 2. The number of benzene rings is 1. The quantitative estimate of drug-likeness (QED) is 0.790. The van der Waals surface area contributed by atoms with E-state index in [1.807, 2.05) is 0 Å². The van der Waals surface area contributed by atoms with E-state index in [4.69, 9.17) is 0 Å². The monoisotopic (exact) mass is 332 g/mol. The fraction of sp³-hybridized carbons (Fsp3) is 0.167. The number of halogens is 4. The molecule has 0 saturated carbocycles. The minimum absolute atomic E-state index is 0.0245. The van der Waals surface area contributed by atoms with Gasteiger partial charge in [0.1, 0.15) is 0 Å². The Kier molecular flexibility index (Phi) is 3.49. The number of ketones is 1. The Hall–Kier alpha value is -1.63. The summed E-state index contributed by atoms with van der Waals surface area (Å²) >= 11 is 2.83. The largest absolute Gasteiger partial charge is 0.417 e. The van der Waals surface area contributed by atoms with Crippen LogP contribution < -0.4 is 0 Å². The molecule has 0 aliphatic rings. The third-order valence-electron chi connectivity index (χ3n) is 2.50. The number of nitrogens with zero attached hydrogens (tertiary/aromatic N) is 2. The van der Waals surface area contributed by atoms with E-state index < -0.39 is 17.5 Å². The molecule has 0 N–H and O–H groups in total. The van der Waals surface area contributed by atoms with Crippen LogP contribution in [-0.2, 0) is 13.2 Å². The van der Waals surface area contributed by atoms with Crippen molar-refractivity contribution in [3.05, 3.63) is 51.8 Å². The van der Waals surface area contributed by atoms with Crippen molar-refractivity contribution in [3.8, 4) is 0 Å². The maximum Gasteiger partial charge on any atom is 0.417 e. The van der Waals surface area contributed by atoms with Gasteiger partial charge >= 0.3 is 6.18 Å². The molecule has 0 unspecified atom stereocenters. The van der Waals surface area contributed by atoms with E-state index in [9.17, 15) is 18.0 Å². The summed E-state index contributed by atoms with van der Waals surface area (Å²) in [6, 6.07) is 3.39. The van der Waals surface area contributed by atoms with Gasteiger partial charge in [-0.15, -0.1) is 0 Å². The normalized spacial score (nSPS) is 11.6. The molecule has 19 heavy (non-hydrogen) atoms. The first-order valence-electron chi connectivity index (χ1n) is 5.19. The molecule has 1 aromatic carbocycles. The molecule has 0 atom stereocenters. The fourth-order valence-electron chi connectivity index (χ4n) is 1.59. The van der Waals surface area contributed by atoms with Gasteiger partial charge in [0.15, 0.2) is 5.78 Å². The molecule has 0 radical (unpaired) electrons. The van der Waals surface area contributed by atoms with E-state index in [-0.39, 0.29) is 15.6 Å². The molecular weight excluding hydrogens is 325 g/mol. The zero-order valence-corrected chi connectivity index (χ0v) is 11.3. The molecule has 3 nitrogen and oxygen atoms in total. The van der Waals surface area contributed by atoms with Crippen molar-refractivity contribution in [2.45, 2.75) is 6.18 Å². The van der Waals surface area contributed by atoms with E-state index in [1.165, 1.54) is 29.2 Å². The van der Waals surface area contributed by atoms with Crippen LogP contribution in [0.4, 0.5) is 13.2 Å². The number of alkyl halides is 3. The Bertz CT molecular complexity index is 634. The topological polar surface area (TPSA) is 34.9 Å². The molecular formula is C12H8BrF3N2O. The predicted octanol–water partition coefficient (Wildman–Crippen LogP) is 3.43. The van der Waals surface area contributed by atoms with Gasteiger partial charge < -0.3 is 0 Å². The minimum Gasteiger partial charge on any atom is -0.288 e. The summed E-state index contributed by atoms with van der Waals surface area (Å²) in [7, 11) is 1.62. The van der Waals surface area contributed by atoms with Crippen molar-refractivity contribution < 1.29 is 18.0 Å². The second-order valence-corrected chi connectivity index (χ2v) is 4.78. The first kappa shape index (κ1) is 13.8. The van der Waals surface area contributed by atoms with Gasteiger partial charge in [-0.05, 0) is 18.2 Å². The molecule has 7 heteroatoms. The third-order valence-corrected chi connectivity index (χ3v) is 3.19. The van der Waals surface area contributed by atoms with Gasteiger partial charge in [-0.25, -0.2) is 0 Å². The van der Waals surface area contributed by atoms with Crippen molar-refractivity contribution in [3.63, 3.8) is 0 Å². The highest BCUT2D eigenvalue weighted by Gasteiger charge is 2.33. The number of carbonyl (C=O) groups is 1. The molecule has 0 aliphatic carbocycles. The van der Waals surface area contributed by atoms with Crippen molar-refractivity contribution >= 4 is 21.7 Å². The molecule has 0 spiro atoms. The molecule has 2 aromatic rings. The van der Waals surface area contributed by atoms with Gasteiger partial charge in [0.05, 0.1) is 17.3 Å². The van der Waals surface area contributed by atoms with Crippen LogP contribution >= 0.6 is 15.9 Å². The van der Waals surface area contributed by atoms with Gasteiger partial charge in [-0.1, -0.05) is 15.9 Å². The van der Waals surface area contributed by atoms with Gasteiger partial charge in [0.25, 0.3) is 0 Å². The molecule has 1 aromatic heterocycles. The van der Waals surface area contributed by atoms with Crippen LogP contribution in [-0.4, -0.2) is 15.6 Å². The summed E-state index contributed by atoms with van der Waals surface area (Å²) in [5.41, 5.74) is -0.649. The second kappa shape index (κ2) is 4.80. The zero-order chi connectivity index (χ0) is 14.2. The Morgan fingerprint density at radius 3 is 2.53 bits per heavy atom. The summed E-state index contributed by atoms with van der Waals surface area (Å²) < 4.78 is 39.5. The van der Waals surface area contributed by atoms with E-state index in [0.29, 0.717) is 0 Å². The first-order chi connectivity index (χ1) is 8.79. The highest BCUT2D eigenvalue weighted by atomic mass is 79.9. The number of hydrogen-bond donors (Lipinski definition) is 0. The number of hydrogen-bond acceptors (Lipinski definition) is 2. The van der Waals surface area contributed by atoms with E-state index >= 15 is 0 Å². The average Bonchev–Trinajstić information content (AvgIpc) is 2.74. The highest BCUT2D eigenvalue weighted by Crippen LogP contribution is 2.35. The van der Waals surface area contributed by atoms with Crippen molar-refractivity contribution in [2.75, 3.05) is 0 Å². The van der Waals surface area contributed by atoms with Crippen molar-refractivity contribution in [1.82, 2.24) is 9.78 Å². The summed E-state index contributed by atoms with van der Waals surface area (Å²) in [4.78, 5) is 12.0. The molecule has 0 amide bonds. The summed E-state index contributed by atoms with van der Waals surface area (Å²) in [5.74, 6) is -0.494. The maximum absolute atomic E-state index is 12.7. The van der Waals surface area contributed by atoms with Crippen molar-refractivity contribution in [1.29, 1.82) is 0 Å². The lowest BCUT2D eigenvalue weighted by atomic mass is 10.0. The number of rotatable bonds is 2. The second-order valence-electron chi connectivity index (χ2n) is 3.92. The lowest BCUT2D eigenvalue weighted by Gasteiger charge is -2.10. The summed E-state index contributed by atoms with van der Waals surface area (Å²) in [5, 5.41) is 3.82. The van der Waals surface area contributed by atoms with Crippen LogP contribution in [0.15, 0.2) is 35.1 Å². The smallest absolute Gasteiger partial charge is 0.288 e. The average molecular weight is 333 g/mol. The Morgan fingerprint density at radius 1 is 1.32 bits per heavy atom. The minimum atomic E-state index is -4.51. The lowest BCUT2D eigenvalue weighted by molar-refractivity contribution is -0.138. The molecule has 0 fully saturated rings. The summed E-state index contributed by atoms with van der Waals surface area (Å²) in [6.45, 7) is 0. The lowest BCUT2D eigenvalue weighted by Crippen LogP contribution is -2.09. The fourth-order valence-corrected chi connectivity index (χ4v) is 2.06. The van der Waals surface area contributed by atoms with Gasteiger partial charge in [0.2, 0.25) is 0 Å². The molecule has 0 aliphatic heterocycles. The number of aryl methyl sites for hydroxylation is 1. The molecule has 1 heterocycles. The predicted molar refractivity (Wildman–Crippen MR) is 65.8 cm³/mol. The third kappa shape index (κ3) is 2.86. The Labute approximate surface area is 115 Å². The van der Waals surface area contributed by atoms with Gasteiger partial charge in [-0.2, -0.15) is 18.3 Å². The maximum atomic E-state index is 12.7. The van der Waals surface area contributed by atoms with Crippen LogP contribution in [0.3, 0.4) is 0 Å². The zero-order valence-electron chi connectivity index (χ0n) is 9.70. The SMILES string of the molecule is Cn1cc(C(=O)c2ccc(Br)c(C(F)(F)F)c2)cn1. The van der Waals surface area contributed by atoms with Crippen LogP contribution in [0.5, 0.6) is 0 Å². The Balaban J connectivity index is 2.44. The molecule has 2 rings (SSSR count). The van der Waals surface area contributed by atoms with Gasteiger partial charge in [0, 0.05) is 23.3 Å². The summed E-state index contributed by atoms with van der Waals surface area (Å²) in [6.07, 6.45) is -1.74. The van der Waals surface area contributed by atoms with Crippen LogP contribution in [0.1, 0.15) is 21.5 Å². The highest BCUT2D eigenvalue weighted by molar-refractivity contribution is 9.10. The van der Waals surface area contributed by atoms with Crippen LogP contribution in [0, 0.1) is 0 Å². The van der Waals surface area contributed by atoms with E-state index in [2.05, 4.69) is 21.0 Å². The van der Waals surface area contributed by atoms with Crippen molar-refractivity contribution in [2.24, 2.45) is 7.05 Å². The standard InChI is InChI=1S/C12H8BrF3N2O/c1-18-6-8(5-17-18)11(19)7-2-3-10(13)9(4-7)12(14,15)16/h2-6H,1H3. The molecule has 0 saturated heterocycles.